The van der Waals surface area contributed by atoms with Crippen molar-refractivity contribution in [2.24, 2.45) is 23.7 Å². The molecule has 0 spiro atoms. The molecule has 2 saturated heterocycles. The van der Waals surface area contributed by atoms with Crippen molar-refractivity contribution >= 4 is 5.78 Å². The molecular weight excluding hydrogens is 192 g/mol. The summed E-state index contributed by atoms with van der Waals surface area (Å²) in [5, 5.41) is 0. The van der Waals surface area contributed by atoms with E-state index in [-0.39, 0.29) is 17.6 Å². The Bertz CT molecular complexity index is 375. The van der Waals surface area contributed by atoms with Gasteiger partial charge in [0.2, 0.25) is 0 Å². The van der Waals surface area contributed by atoms with E-state index in [0.29, 0.717) is 23.5 Å². The number of ether oxygens (including phenoxy) is 2. The van der Waals surface area contributed by atoms with Crippen LogP contribution < -0.4 is 0 Å². The lowest BCUT2D eigenvalue weighted by atomic mass is 9.72. The largest absolute Gasteiger partial charge is 0.344 e. The fourth-order valence-corrected chi connectivity index (χ4v) is 4.92. The molecule has 0 N–H and O–H groups in total. The third kappa shape index (κ3) is 0.713. The predicted molar refractivity (Wildman–Crippen MR) is 52.0 cm³/mol. The van der Waals surface area contributed by atoms with Gasteiger partial charge in [-0.3, -0.25) is 4.79 Å². The Morgan fingerprint density at radius 2 is 2.00 bits per heavy atom. The molecular formula is C12H16O3. The molecule has 4 fully saturated rings. The minimum absolute atomic E-state index is 0.141. The highest BCUT2D eigenvalue weighted by atomic mass is 16.7. The van der Waals surface area contributed by atoms with Crippen molar-refractivity contribution in [3.63, 3.8) is 0 Å². The highest BCUT2D eigenvalue weighted by molar-refractivity contribution is 5.90. The van der Waals surface area contributed by atoms with Gasteiger partial charge in [-0.15, -0.1) is 0 Å². The molecule has 3 nitrogen and oxygen atoms in total. The minimum Gasteiger partial charge on any atom is -0.344 e. The maximum absolute atomic E-state index is 12.1. The van der Waals surface area contributed by atoms with Gasteiger partial charge >= 0.3 is 0 Å². The summed E-state index contributed by atoms with van der Waals surface area (Å²) >= 11 is 0. The maximum atomic E-state index is 12.1. The topological polar surface area (TPSA) is 35.5 Å². The highest BCUT2D eigenvalue weighted by Crippen LogP contribution is 2.69. The Kier molecular flexibility index (Phi) is 1.18. The number of carbonyl (C=O) groups is 1. The van der Waals surface area contributed by atoms with Crippen molar-refractivity contribution in [2.75, 3.05) is 0 Å². The first kappa shape index (κ1) is 8.71. The lowest BCUT2D eigenvalue weighted by Crippen LogP contribution is -2.42. The molecule has 3 heteroatoms. The smallest absolute Gasteiger partial charge is 0.170 e. The first-order valence-electron chi connectivity index (χ1n) is 5.86. The van der Waals surface area contributed by atoms with E-state index in [1.807, 2.05) is 6.92 Å². The van der Waals surface area contributed by atoms with E-state index < -0.39 is 5.79 Å². The zero-order valence-corrected chi connectivity index (χ0v) is 9.32. The van der Waals surface area contributed by atoms with E-state index in [0.717, 1.165) is 6.42 Å². The van der Waals surface area contributed by atoms with E-state index in [4.69, 9.17) is 9.47 Å². The van der Waals surface area contributed by atoms with Crippen LogP contribution in [0.1, 0.15) is 27.2 Å². The van der Waals surface area contributed by atoms with Gasteiger partial charge in [-0.05, 0) is 27.2 Å². The summed E-state index contributed by atoms with van der Waals surface area (Å²) in [4.78, 5) is 12.1. The van der Waals surface area contributed by atoms with E-state index in [1.165, 1.54) is 0 Å². The Hall–Kier alpha value is -0.410. The van der Waals surface area contributed by atoms with Crippen LogP contribution in [0.15, 0.2) is 0 Å². The van der Waals surface area contributed by atoms with E-state index in [9.17, 15) is 4.79 Å². The molecule has 0 aromatic carbocycles. The molecule has 0 amide bonds. The molecule has 0 aromatic heterocycles. The molecule has 2 aliphatic heterocycles. The van der Waals surface area contributed by atoms with E-state index in [1.54, 1.807) is 0 Å². The molecule has 0 aromatic rings. The van der Waals surface area contributed by atoms with Gasteiger partial charge in [0.15, 0.2) is 11.6 Å². The lowest BCUT2D eigenvalue weighted by Gasteiger charge is -2.33. The standard InChI is InChI=1S/C12H16O3/c1-11(2)7-5-4-6-8(7)12(3,15-11)14-10(6)9(5)13/h5-8,10H,4H2,1-3H3/t5-,6+,7-,8+,10-,12-/m0/s1. The van der Waals surface area contributed by atoms with Crippen LogP contribution >= 0.6 is 0 Å². The summed E-state index contributed by atoms with van der Waals surface area (Å²) in [5.41, 5.74) is -0.195. The summed E-state index contributed by atoms with van der Waals surface area (Å²) < 4.78 is 12.0. The van der Waals surface area contributed by atoms with Crippen molar-refractivity contribution in [3.05, 3.63) is 0 Å². The molecule has 0 radical (unpaired) electrons. The molecule has 4 aliphatic rings. The zero-order chi connectivity index (χ0) is 10.6. The molecule has 2 heterocycles. The van der Waals surface area contributed by atoms with Gasteiger partial charge in [-0.2, -0.15) is 0 Å². The van der Waals surface area contributed by atoms with Crippen LogP contribution in [0.4, 0.5) is 0 Å². The molecule has 2 bridgehead atoms. The second-order valence-electron chi connectivity index (χ2n) is 6.22. The number of hydrogen-bond donors (Lipinski definition) is 0. The molecule has 2 saturated carbocycles. The Balaban J connectivity index is 1.93. The van der Waals surface area contributed by atoms with Gasteiger partial charge in [-0.1, -0.05) is 0 Å². The molecule has 0 unspecified atom stereocenters. The third-order valence-corrected chi connectivity index (χ3v) is 5.08. The van der Waals surface area contributed by atoms with Gasteiger partial charge in [0.25, 0.3) is 0 Å². The Labute approximate surface area is 89.1 Å². The number of fused-ring (bicyclic) bond motifs is 2. The van der Waals surface area contributed by atoms with Crippen LogP contribution in [0, 0.1) is 23.7 Å². The number of Topliss-reactive ketones (excluding diaryl/α,β-unsaturated/α-hetero) is 1. The average molecular weight is 208 g/mol. The van der Waals surface area contributed by atoms with Crippen molar-refractivity contribution in [1.29, 1.82) is 0 Å². The molecule has 82 valence electrons. The zero-order valence-electron chi connectivity index (χ0n) is 9.32. The van der Waals surface area contributed by atoms with Crippen molar-refractivity contribution in [3.8, 4) is 0 Å². The summed E-state index contributed by atoms with van der Waals surface area (Å²) in [6.45, 7) is 6.23. The second kappa shape index (κ2) is 2.03. The predicted octanol–water partition coefficient (Wildman–Crippen LogP) is 1.36. The molecule has 4 rings (SSSR count). The fourth-order valence-electron chi connectivity index (χ4n) is 4.92. The Morgan fingerprint density at radius 3 is 2.73 bits per heavy atom. The molecule has 2 aliphatic carbocycles. The summed E-state index contributed by atoms with van der Waals surface area (Å²) in [6.07, 6.45) is 0.902. The van der Waals surface area contributed by atoms with Crippen LogP contribution in [0.5, 0.6) is 0 Å². The quantitative estimate of drug-likeness (QED) is 0.603. The van der Waals surface area contributed by atoms with E-state index >= 15 is 0 Å². The minimum atomic E-state index is -0.482. The van der Waals surface area contributed by atoms with Gasteiger partial charge < -0.3 is 9.47 Å². The van der Waals surface area contributed by atoms with Crippen molar-refractivity contribution in [2.45, 2.75) is 44.7 Å². The number of rotatable bonds is 0. The van der Waals surface area contributed by atoms with Gasteiger partial charge in [0.05, 0.1) is 5.60 Å². The maximum Gasteiger partial charge on any atom is 0.170 e. The second-order valence-corrected chi connectivity index (χ2v) is 6.22. The fraction of sp³-hybridized carbons (Fsp3) is 0.917. The Morgan fingerprint density at radius 1 is 1.27 bits per heavy atom. The van der Waals surface area contributed by atoms with Crippen LogP contribution in [-0.4, -0.2) is 23.3 Å². The monoisotopic (exact) mass is 208 g/mol. The van der Waals surface area contributed by atoms with Gasteiger partial charge in [0.1, 0.15) is 6.10 Å². The summed E-state index contributed by atoms with van der Waals surface area (Å²) in [5.74, 6) is 1.37. The SMILES string of the molecule is CC1(C)O[C@]2(C)O[C@@H]3C(=O)[C@H]4C[C@@H]3[C@@H]2[C@H]41. The van der Waals surface area contributed by atoms with Crippen LogP contribution in [0.3, 0.4) is 0 Å². The van der Waals surface area contributed by atoms with Crippen molar-refractivity contribution in [1.82, 2.24) is 0 Å². The van der Waals surface area contributed by atoms with Crippen molar-refractivity contribution < 1.29 is 14.3 Å². The molecule has 15 heavy (non-hydrogen) atoms. The van der Waals surface area contributed by atoms with Crippen LogP contribution in [0.2, 0.25) is 0 Å². The average Bonchev–Trinajstić information content (AvgIpc) is 2.70. The highest BCUT2D eigenvalue weighted by Gasteiger charge is 2.77. The normalized spacial score (nSPS) is 63.1. The first-order chi connectivity index (χ1) is 6.94. The first-order valence-corrected chi connectivity index (χ1v) is 5.86. The number of ketones is 1. The number of hydrogen-bond acceptors (Lipinski definition) is 3. The van der Waals surface area contributed by atoms with Crippen LogP contribution in [0.25, 0.3) is 0 Å². The summed E-state index contributed by atoms with van der Waals surface area (Å²) in [6, 6.07) is 0. The summed E-state index contributed by atoms with van der Waals surface area (Å²) in [7, 11) is 0. The van der Waals surface area contributed by atoms with Gasteiger partial charge in [0, 0.05) is 23.7 Å². The van der Waals surface area contributed by atoms with E-state index in [2.05, 4.69) is 13.8 Å². The lowest BCUT2D eigenvalue weighted by molar-refractivity contribution is -0.240. The van der Waals surface area contributed by atoms with Gasteiger partial charge in [-0.25, -0.2) is 0 Å². The third-order valence-electron chi connectivity index (χ3n) is 5.08. The van der Waals surface area contributed by atoms with Crippen LogP contribution in [-0.2, 0) is 14.3 Å². The molecule has 6 atom stereocenters. The number of carbonyl (C=O) groups excluding carboxylic acids is 1.